The molecular weight excluding hydrogens is 552 g/mol. The lowest BCUT2D eigenvalue weighted by molar-refractivity contribution is 0.0970. The van der Waals surface area contributed by atoms with Crippen molar-refractivity contribution in [3.63, 3.8) is 0 Å². The van der Waals surface area contributed by atoms with Crippen LogP contribution in [0, 0.1) is 11.8 Å². The molecule has 0 aliphatic heterocycles. The van der Waals surface area contributed by atoms with Crippen LogP contribution < -0.4 is 9.47 Å². The summed E-state index contributed by atoms with van der Waals surface area (Å²) >= 11 is 0. The van der Waals surface area contributed by atoms with Crippen LogP contribution in [0.25, 0.3) is 0 Å². The molecule has 230 valence electrons. The smallest absolute Gasteiger partial charge is 0.166 e. The van der Waals surface area contributed by atoms with Gasteiger partial charge in [0.15, 0.2) is 11.6 Å². The summed E-state index contributed by atoms with van der Waals surface area (Å²) in [7, 11) is 0. The molecule has 0 spiro atoms. The number of carbonyl (C=O) groups is 2. The number of aromatic hydroxyl groups is 2. The molecule has 6 nitrogen and oxygen atoms in total. The van der Waals surface area contributed by atoms with E-state index in [1.165, 1.54) is 13.0 Å². The number of ketones is 2. The van der Waals surface area contributed by atoms with Crippen molar-refractivity contribution < 1.29 is 29.3 Å². The van der Waals surface area contributed by atoms with Gasteiger partial charge in [0.25, 0.3) is 0 Å². The highest BCUT2D eigenvalue weighted by Gasteiger charge is 2.20. The Bertz CT molecular complexity index is 1560. The summed E-state index contributed by atoms with van der Waals surface area (Å²) in [6, 6.07) is 26.2. The number of phenols is 2. The Morgan fingerprint density at radius 3 is 1.82 bits per heavy atom. The summed E-state index contributed by atoms with van der Waals surface area (Å²) in [6.45, 7) is 8.33. The van der Waals surface area contributed by atoms with E-state index >= 15 is 0 Å². The highest BCUT2D eigenvalue weighted by atomic mass is 16.5. The molecular formula is C38H42O6. The second-order valence-electron chi connectivity index (χ2n) is 11.9. The molecule has 0 amide bonds. The van der Waals surface area contributed by atoms with Gasteiger partial charge in [-0.2, -0.15) is 0 Å². The van der Waals surface area contributed by atoms with E-state index in [0.717, 1.165) is 16.7 Å². The second kappa shape index (κ2) is 15.2. The van der Waals surface area contributed by atoms with Crippen molar-refractivity contribution in [3.05, 3.63) is 118 Å². The maximum absolute atomic E-state index is 13.1. The van der Waals surface area contributed by atoms with Gasteiger partial charge in [0, 0.05) is 18.6 Å². The SMILES string of the molecule is CC(=O)c1cc(CC(C)CCC(=O)c2cc(CC(C)C)c(O)cc2O)c(OCc2ccccc2)cc1OCc1ccccc1. The van der Waals surface area contributed by atoms with Gasteiger partial charge in [0.1, 0.15) is 36.2 Å². The Labute approximate surface area is 260 Å². The van der Waals surface area contributed by atoms with E-state index in [9.17, 15) is 19.8 Å². The number of rotatable bonds is 15. The van der Waals surface area contributed by atoms with Crippen LogP contribution in [-0.4, -0.2) is 21.8 Å². The molecule has 0 radical (unpaired) electrons. The van der Waals surface area contributed by atoms with Crippen molar-refractivity contribution in [1.29, 1.82) is 0 Å². The fourth-order valence-corrected chi connectivity index (χ4v) is 5.20. The van der Waals surface area contributed by atoms with Gasteiger partial charge in [-0.3, -0.25) is 9.59 Å². The van der Waals surface area contributed by atoms with Gasteiger partial charge in [0.05, 0.1) is 11.1 Å². The van der Waals surface area contributed by atoms with E-state index < -0.39 is 0 Å². The molecule has 4 aromatic carbocycles. The Hall–Kier alpha value is -4.58. The Balaban J connectivity index is 1.53. The van der Waals surface area contributed by atoms with Crippen LogP contribution in [0.1, 0.15) is 83.5 Å². The minimum absolute atomic E-state index is 0.00150. The van der Waals surface area contributed by atoms with Gasteiger partial charge in [0.2, 0.25) is 0 Å². The molecule has 2 N–H and O–H groups in total. The van der Waals surface area contributed by atoms with E-state index in [2.05, 4.69) is 6.92 Å². The van der Waals surface area contributed by atoms with Crippen LogP contribution in [0.2, 0.25) is 0 Å². The maximum Gasteiger partial charge on any atom is 0.166 e. The summed E-state index contributed by atoms with van der Waals surface area (Å²) in [5, 5.41) is 20.6. The third-order valence-corrected chi connectivity index (χ3v) is 7.57. The van der Waals surface area contributed by atoms with E-state index in [0.29, 0.717) is 61.0 Å². The number of Topliss-reactive ketones (excluding diaryl/α,β-unsaturated/α-hetero) is 2. The third-order valence-electron chi connectivity index (χ3n) is 7.57. The molecule has 0 aliphatic carbocycles. The molecule has 4 rings (SSSR count). The highest BCUT2D eigenvalue weighted by Crippen LogP contribution is 2.34. The zero-order chi connectivity index (χ0) is 31.6. The lowest BCUT2D eigenvalue weighted by Crippen LogP contribution is -2.10. The zero-order valence-corrected chi connectivity index (χ0v) is 26.0. The van der Waals surface area contributed by atoms with Crippen LogP contribution in [0.3, 0.4) is 0 Å². The molecule has 1 atom stereocenters. The molecule has 0 aliphatic rings. The Morgan fingerprint density at radius 1 is 0.682 bits per heavy atom. The minimum Gasteiger partial charge on any atom is -0.508 e. The number of ether oxygens (including phenoxy) is 2. The molecule has 0 aromatic heterocycles. The first-order valence-corrected chi connectivity index (χ1v) is 15.2. The third kappa shape index (κ3) is 8.96. The predicted octanol–water partition coefficient (Wildman–Crippen LogP) is 8.50. The Kier molecular flexibility index (Phi) is 11.2. The van der Waals surface area contributed by atoms with Crippen LogP contribution in [0.5, 0.6) is 23.0 Å². The summed E-state index contributed by atoms with van der Waals surface area (Å²) in [4.78, 5) is 25.9. The standard InChI is InChI=1S/C38H42O6/c1-25(2)17-30-19-33(36(42)21-35(30)41)34(40)16-15-26(3)18-31-20-32(27(4)39)38(44-24-29-13-9-6-10-14-29)22-37(31)43-23-28-11-7-5-8-12-28/h5-14,19-22,25-26,41-42H,15-18,23-24H2,1-4H3. The van der Waals surface area contributed by atoms with Gasteiger partial charge in [-0.1, -0.05) is 81.4 Å². The maximum atomic E-state index is 13.1. The van der Waals surface area contributed by atoms with Crippen molar-refractivity contribution in [2.75, 3.05) is 0 Å². The lowest BCUT2D eigenvalue weighted by Gasteiger charge is -2.19. The number of benzene rings is 4. The van der Waals surface area contributed by atoms with Gasteiger partial charge in [-0.25, -0.2) is 0 Å². The number of hydrogen-bond acceptors (Lipinski definition) is 6. The molecule has 44 heavy (non-hydrogen) atoms. The van der Waals surface area contributed by atoms with E-state index in [-0.39, 0.29) is 41.0 Å². The molecule has 0 heterocycles. The van der Waals surface area contributed by atoms with E-state index in [1.54, 1.807) is 12.1 Å². The van der Waals surface area contributed by atoms with Crippen LogP contribution in [-0.2, 0) is 26.1 Å². The summed E-state index contributed by atoms with van der Waals surface area (Å²) in [6.07, 6.45) is 1.99. The van der Waals surface area contributed by atoms with Crippen LogP contribution in [0.4, 0.5) is 0 Å². The number of hydrogen-bond donors (Lipinski definition) is 2. The van der Waals surface area contributed by atoms with Gasteiger partial charge >= 0.3 is 0 Å². The lowest BCUT2D eigenvalue weighted by atomic mass is 9.91. The monoisotopic (exact) mass is 594 g/mol. The van der Waals surface area contributed by atoms with Gasteiger partial charge < -0.3 is 19.7 Å². The number of carbonyl (C=O) groups excluding carboxylic acids is 2. The molecule has 0 saturated carbocycles. The summed E-state index contributed by atoms with van der Waals surface area (Å²) in [5.74, 6) is 0.986. The molecule has 4 aromatic rings. The van der Waals surface area contributed by atoms with Gasteiger partial charge in [-0.05, 0) is 72.4 Å². The largest absolute Gasteiger partial charge is 0.508 e. The van der Waals surface area contributed by atoms with Gasteiger partial charge in [-0.15, -0.1) is 0 Å². The minimum atomic E-state index is -0.207. The average molecular weight is 595 g/mol. The van der Waals surface area contributed by atoms with Crippen molar-refractivity contribution in [2.24, 2.45) is 11.8 Å². The van der Waals surface area contributed by atoms with Crippen molar-refractivity contribution in [1.82, 2.24) is 0 Å². The molecule has 0 bridgehead atoms. The van der Waals surface area contributed by atoms with E-state index in [4.69, 9.17) is 9.47 Å². The van der Waals surface area contributed by atoms with E-state index in [1.807, 2.05) is 80.6 Å². The zero-order valence-electron chi connectivity index (χ0n) is 26.0. The van der Waals surface area contributed by atoms with Crippen LogP contribution >= 0.6 is 0 Å². The van der Waals surface area contributed by atoms with Crippen molar-refractivity contribution >= 4 is 11.6 Å². The second-order valence-corrected chi connectivity index (χ2v) is 11.9. The molecule has 0 fully saturated rings. The molecule has 1 unspecified atom stereocenters. The van der Waals surface area contributed by atoms with Crippen LogP contribution in [0.15, 0.2) is 84.9 Å². The topological polar surface area (TPSA) is 93.1 Å². The van der Waals surface area contributed by atoms with Crippen molar-refractivity contribution in [2.45, 2.75) is 66.6 Å². The summed E-state index contributed by atoms with van der Waals surface area (Å²) < 4.78 is 12.4. The molecule has 0 saturated heterocycles. The highest BCUT2D eigenvalue weighted by molar-refractivity contribution is 5.99. The quantitative estimate of drug-likeness (QED) is 0.134. The average Bonchev–Trinajstić information content (AvgIpc) is 3.00. The first-order valence-electron chi connectivity index (χ1n) is 15.2. The first kappa shape index (κ1) is 32.3. The fraction of sp³-hybridized carbons (Fsp3) is 0.316. The Morgan fingerprint density at radius 2 is 1.25 bits per heavy atom. The fourth-order valence-electron chi connectivity index (χ4n) is 5.20. The molecule has 6 heteroatoms. The predicted molar refractivity (Wildman–Crippen MR) is 173 cm³/mol. The van der Waals surface area contributed by atoms with Crippen molar-refractivity contribution in [3.8, 4) is 23.0 Å². The summed E-state index contributed by atoms with van der Waals surface area (Å²) in [5.41, 5.74) is 4.25. The normalized spacial score (nSPS) is 11.8. The number of phenolic OH excluding ortho intramolecular Hbond substituents is 2. The first-order chi connectivity index (χ1) is 21.1.